The Labute approximate surface area is 185 Å². The summed E-state index contributed by atoms with van der Waals surface area (Å²) >= 11 is 4.96. The molecule has 13 heteroatoms. The first-order valence-electron chi connectivity index (χ1n) is 9.07. The number of aliphatic hydroxyl groups is 1. The molecule has 0 spiro atoms. The monoisotopic (exact) mass is 465 g/mol. The Morgan fingerprint density at radius 3 is 2.58 bits per heavy atom. The number of rotatable bonds is 6. The van der Waals surface area contributed by atoms with Gasteiger partial charge in [-0.25, -0.2) is 20.1 Å². The third kappa shape index (κ3) is 4.70. The molecule has 1 saturated heterocycles. The van der Waals surface area contributed by atoms with Gasteiger partial charge in [-0.3, -0.25) is 30.4 Å². The van der Waals surface area contributed by atoms with Crippen LogP contribution in [0, 0.1) is 5.41 Å². The average molecular weight is 466 g/mol. The van der Waals surface area contributed by atoms with Gasteiger partial charge in [-0.05, 0) is 61.6 Å². The molecule has 3 rings (SSSR count). The summed E-state index contributed by atoms with van der Waals surface area (Å²) in [6.07, 6.45) is 0. The summed E-state index contributed by atoms with van der Waals surface area (Å²) in [6.45, 7) is 1.61. The number of hydrogen-bond acceptors (Lipinski definition) is 8. The van der Waals surface area contributed by atoms with Crippen molar-refractivity contribution in [3.63, 3.8) is 0 Å². The lowest BCUT2D eigenvalue weighted by atomic mass is 9.92. The second kappa shape index (κ2) is 8.64. The maximum absolute atomic E-state index is 12.8. The fraction of sp³-hybridized carbons (Fsp3) is 0.222. The van der Waals surface area contributed by atoms with Crippen LogP contribution in [-0.2, 0) is 14.8 Å². The van der Waals surface area contributed by atoms with E-state index >= 15 is 0 Å². The Bertz CT molecular complexity index is 1090. The Morgan fingerprint density at radius 2 is 2.00 bits per heavy atom. The van der Waals surface area contributed by atoms with E-state index in [0.29, 0.717) is 11.4 Å². The SMILES string of the molecule is CC1(CO)CN(c2ccc(S(=O)(=O)Nc3cccc(N(N)C(=S)NN)c3)cc2)NC1=O. The minimum Gasteiger partial charge on any atom is -0.395 e. The van der Waals surface area contributed by atoms with Gasteiger partial charge in [0, 0.05) is 0 Å². The molecule has 0 bridgehead atoms. The van der Waals surface area contributed by atoms with Crippen LogP contribution in [0.5, 0.6) is 0 Å². The number of carbonyl (C=O) groups excluding carboxylic acids is 1. The van der Waals surface area contributed by atoms with Crippen LogP contribution < -0.4 is 37.3 Å². The summed E-state index contributed by atoms with van der Waals surface area (Å²) in [5.74, 6) is 10.8. The van der Waals surface area contributed by atoms with Crippen LogP contribution in [0.3, 0.4) is 0 Å². The molecular formula is C18H23N7O4S2. The summed E-state index contributed by atoms with van der Waals surface area (Å²) < 4.78 is 28.0. The Morgan fingerprint density at radius 1 is 1.32 bits per heavy atom. The zero-order chi connectivity index (χ0) is 22.8. The van der Waals surface area contributed by atoms with E-state index in [1.807, 2.05) is 0 Å². The third-order valence-corrected chi connectivity index (χ3v) is 6.53. The smallest absolute Gasteiger partial charge is 0.261 e. The van der Waals surface area contributed by atoms with Gasteiger partial charge >= 0.3 is 0 Å². The van der Waals surface area contributed by atoms with Gasteiger partial charge < -0.3 is 5.11 Å². The fourth-order valence-electron chi connectivity index (χ4n) is 2.92. The molecule has 166 valence electrons. The maximum Gasteiger partial charge on any atom is 0.261 e. The van der Waals surface area contributed by atoms with Crippen molar-refractivity contribution in [1.82, 2.24) is 10.9 Å². The number of thiocarbonyl (C=S) groups is 1. The average Bonchev–Trinajstić information content (AvgIpc) is 3.07. The second-order valence-electron chi connectivity index (χ2n) is 7.22. The zero-order valence-corrected chi connectivity index (χ0v) is 18.2. The zero-order valence-electron chi connectivity index (χ0n) is 16.6. The molecule has 0 aliphatic carbocycles. The number of nitrogens with zero attached hydrogens (tertiary/aromatic N) is 2. The molecule has 1 heterocycles. The number of aliphatic hydroxyl groups excluding tert-OH is 1. The lowest BCUT2D eigenvalue weighted by Gasteiger charge is -2.20. The summed E-state index contributed by atoms with van der Waals surface area (Å²) in [5, 5.41) is 12.2. The first-order valence-corrected chi connectivity index (χ1v) is 11.0. The summed E-state index contributed by atoms with van der Waals surface area (Å²) in [5.41, 5.74) is 5.29. The minimum absolute atomic E-state index is 0.0286. The number of nitrogens with one attached hydrogen (secondary N) is 3. The van der Waals surface area contributed by atoms with Crippen molar-refractivity contribution in [2.45, 2.75) is 11.8 Å². The number of carbonyl (C=O) groups is 1. The van der Waals surface area contributed by atoms with E-state index in [9.17, 15) is 18.3 Å². The standard InChI is InChI=1S/C18H23N7O4S2/c1-18(11-26)10-24(22-16(18)27)13-5-7-15(8-6-13)31(28,29)23-12-3-2-4-14(9-12)25(20)17(30)21-19/h2-9,23,26H,10-11,19-20H2,1H3,(H,21,30)(H,22,27). The van der Waals surface area contributed by atoms with E-state index in [1.54, 1.807) is 42.3 Å². The number of amides is 1. The van der Waals surface area contributed by atoms with Gasteiger partial charge in [0.15, 0.2) is 0 Å². The lowest BCUT2D eigenvalue weighted by molar-refractivity contribution is -0.128. The van der Waals surface area contributed by atoms with Crippen LogP contribution in [0.1, 0.15) is 6.92 Å². The molecule has 1 unspecified atom stereocenters. The van der Waals surface area contributed by atoms with Crippen LogP contribution in [0.4, 0.5) is 17.1 Å². The number of anilines is 3. The second-order valence-corrected chi connectivity index (χ2v) is 9.28. The molecule has 11 nitrogen and oxygen atoms in total. The van der Waals surface area contributed by atoms with E-state index in [0.717, 1.165) is 5.01 Å². The first-order chi connectivity index (χ1) is 14.6. The predicted octanol–water partition coefficient (Wildman–Crippen LogP) is -0.234. The van der Waals surface area contributed by atoms with E-state index in [2.05, 4.69) is 15.6 Å². The molecule has 1 atom stereocenters. The van der Waals surface area contributed by atoms with Gasteiger partial charge in [-0.15, -0.1) is 0 Å². The first kappa shape index (κ1) is 22.7. The van der Waals surface area contributed by atoms with Crippen molar-refractivity contribution >= 4 is 50.3 Å². The summed E-state index contributed by atoms with van der Waals surface area (Å²) in [7, 11) is -3.89. The van der Waals surface area contributed by atoms with E-state index in [4.69, 9.17) is 23.9 Å². The van der Waals surface area contributed by atoms with Crippen LogP contribution in [0.15, 0.2) is 53.4 Å². The highest BCUT2D eigenvalue weighted by Crippen LogP contribution is 2.28. The maximum atomic E-state index is 12.8. The molecule has 2 aromatic carbocycles. The normalized spacial score (nSPS) is 18.5. The topological polar surface area (TPSA) is 166 Å². The van der Waals surface area contributed by atoms with Crippen LogP contribution in [0.2, 0.25) is 0 Å². The third-order valence-electron chi connectivity index (χ3n) is 4.82. The van der Waals surface area contributed by atoms with Crippen molar-refractivity contribution in [3.05, 3.63) is 48.5 Å². The predicted molar refractivity (Wildman–Crippen MR) is 121 cm³/mol. The van der Waals surface area contributed by atoms with E-state index < -0.39 is 15.4 Å². The van der Waals surface area contributed by atoms with Gasteiger partial charge in [0.2, 0.25) is 11.0 Å². The molecule has 1 amide bonds. The molecule has 0 radical (unpaired) electrons. The quantitative estimate of drug-likeness (QED) is 0.190. The minimum atomic E-state index is -3.89. The molecule has 1 aliphatic rings. The Balaban J connectivity index is 1.76. The highest BCUT2D eigenvalue weighted by molar-refractivity contribution is 7.92. The lowest BCUT2D eigenvalue weighted by Crippen LogP contribution is -2.47. The van der Waals surface area contributed by atoms with Crippen LogP contribution in [-0.4, -0.2) is 37.7 Å². The van der Waals surface area contributed by atoms with Gasteiger partial charge in [0.25, 0.3) is 10.0 Å². The number of benzene rings is 2. The van der Waals surface area contributed by atoms with Crippen LogP contribution >= 0.6 is 12.2 Å². The highest BCUT2D eigenvalue weighted by atomic mass is 32.2. The van der Waals surface area contributed by atoms with Crippen molar-refractivity contribution in [2.75, 3.05) is 27.9 Å². The molecular weight excluding hydrogens is 442 g/mol. The van der Waals surface area contributed by atoms with Gasteiger partial charge in [-0.1, -0.05) is 6.07 Å². The largest absolute Gasteiger partial charge is 0.395 e. The van der Waals surface area contributed by atoms with Crippen molar-refractivity contribution in [3.8, 4) is 0 Å². The van der Waals surface area contributed by atoms with Crippen molar-refractivity contribution < 1.29 is 18.3 Å². The molecule has 31 heavy (non-hydrogen) atoms. The fourth-order valence-corrected chi connectivity index (χ4v) is 4.08. The van der Waals surface area contributed by atoms with Gasteiger partial charge in [0.1, 0.15) is 0 Å². The van der Waals surface area contributed by atoms with E-state index in [-0.39, 0.29) is 34.8 Å². The van der Waals surface area contributed by atoms with Gasteiger partial charge in [0.05, 0.1) is 40.5 Å². The molecule has 0 aromatic heterocycles. The summed E-state index contributed by atoms with van der Waals surface area (Å²) in [4.78, 5) is 12.1. The van der Waals surface area contributed by atoms with E-state index in [1.165, 1.54) is 18.2 Å². The highest BCUT2D eigenvalue weighted by Gasteiger charge is 2.42. The molecule has 0 saturated carbocycles. The molecule has 8 N–H and O–H groups in total. The summed E-state index contributed by atoms with van der Waals surface area (Å²) in [6, 6.07) is 12.3. The van der Waals surface area contributed by atoms with Crippen LogP contribution in [0.25, 0.3) is 0 Å². The number of sulfonamides is 1. The molecule has 1 aliphatic heterocycles. The Kier molecular flexibility index (Phi) is 6.33. The Hall–Kier alpha value is -2.97. The number of nitrogens with two attached hydrogens (primary N) is 2. The van der Waals surface area contributed by atoms with Crippen molar-refractivity contribution in [1.29, 1.82) is 0 Å². The van der Waals surface area contributed by atoms with Gasteiger partial charge in [-0.2, -0.15) is 0 Å². The van der Waals surface area contributed by atoms with Crippen molar-refractivity contribution in [2.24, 2.45) is 17.1 Å². The number of hydrazine groups is 3. The number of hydrogen-bond donors (Lipinski definition) is 6. The molecule has 1 fully saturated rings. The molecule has 2 aromatic rings.